The fourth-order valence-corrected chi connectivity index (χ4v) is 3.67. The highest BCUT2D eigenvalue weighted by atomic mass is 32.2. The minimum absolute atomic E-state index is 0.0586. The van der Waals surface area contributed by atoms with Gasteiger partial charge in [0.2, 0.25) is 0 Å². The van der Waals surface area contributed by atoms with Crippen molar-refractivity contribution in [2.75, 3.05) is 0 Å². The standard InChI is InChI=1S/C19H25NO2S/c1-2-3-4-5-15-6-10-17(11-7-15)19(21)22-23-18-12-8-16(14-20)9-13-18/h8-9,12-13,15,17H,2-7,10-11H2,1H3/t15-,17-. The lowest BCUT2D eigenvalue weighted by atomic mass is 9.80. The van der Waals surface area contributed by atoms with Gasteiger partial charge in [0.15, 0.2) is 0 Å². The molecule has 1 saturated carbocycles. The van der Waals surface area contributed by atoms with Gasteiger partial charge >= 0.3 is 5.97 Å². The molecule has 2 rings (SSSR count). The van der Waals surface area contributed by atoms with Crippen LogP contribution < -0.4 is 0 Å². The first-order valence-electron chi connectivity index (χ1n) is 8.61. The molecule has 0 aliphatic heterocycles. The Labute approximate surface area is 143 Å². The van der Waals surface area contributed by atoms with Gasteiger partial charge in [-0.2, -0.15) is 5.26 Å². The SMILES string of the molecule is CCCCC[C@H]1CC[C@H](C(=O)OSc2ccc(C#N)cc2)CC1. The third kappa shape index (κ3) is 5.91. The van der Waals surface area contributed by atoms with E-state index in [0.29, 0.717) is 5.56 Å². The van der Waals surface area contributed by atoms with E-state index in [9.17, 15) is 4.79 Å². The molecule has 0 radical (unpaired) electrons. The van der Waals surface area contributed by atoms with E-state index >= 15 is 0 Å². The van der Waals surface area contributed by atoms with Crippen molar-refractivity contribution < 1.29 is 8.98 Å². The molecule has 124 valence electrons. The zero-order valence-corrected chi connectivity index (χ0v) is 14.6. The van der Waals surface area contributed by atoms with E-state index in [1.54, 1.807) is 24.3 Å². The van der Waals surface area contributed by atoms with Crippen LogP contribution in [0.25, 0.3) is 0 Å². The summed E-state index contributed by atoms with van der Waals surface area (Å²) in [5.74, 6) is 0.770. The summed E-state index contributed by atoms with van der Waals surface area (Å²) in [6.45, 7) is 2.23. The summed E-state index contributed by atoms with van der Waals surface area (Å²) in [5, 5.41) is 8.76. The summed E-state index contributed by atoms with van der Waals surface area (Å²) in [6.07, 6.45) is 9.47. The smallest absolute Gasteiger partial charge is 0.321 e. The summed E-state index contributed by atoms with van der Waals surface area (Å²) >= 11 is 1.10. The largest absolute Gasteiger partial charge is 0.386 e. The minimum atomic E-state index is -0.0913. The molecule has 1 fully saturated rings. The Bertz CT molecular complexity index is 527. The molecule has 1 aliphatic rings. The molecule has 0 unspecified atom stereocenters. The van der Waals surface area contributed by atoms with Gasteiger partial charge in [0.25, 0.3) is 0 Å². The second-order valence-corrected chi connectivity index (χ2v) is 7.14. The lowest BCUT2D eigenvalue weighted by Crippen LogP contribution is -2.22. The Morgan fingerprint density at radius 3 is 2.52 bits per heavy atom. The maximum atomic E-state index is 12.2. The van der Waals surface area contributed by atoms with Gasteiger partial charge in [-0.25, -0.2) is 0 Å². The molecule has 0 heterocycles. The van der Waals surface area contributed by atoms with Crippen molar-refractivity contribution in [2.24, 2.45) is 11.8 Å². The van der Waals surface area contributed by atoms with Gasteiger partial charge in [-0.3, -0.25) is 4.79 Å². The molecule has 0 amide bonds. The van der Waals surface area contributed by atoms with Crippen LogP contribution in [0.1, 0.15) is 63.9 Å². The Kier molecular flexibility index (Phi) is 7.48. The van der Waals surface area contributed by atoms with Crippen LogP contribution >= 0.6 is 12.0 Å². The number of hydrogen-bond acceptors (Lipinski definition) is 4. The van der Waals surface area contributed by atoms with Crippen LogP contribution in [-0.2, 0) is 8.98 Å². The summed E-state index contributed by atoms with van der Waals surface area (Å²) < 4.78 is 5.37. The third-order valence-corrected chi connectivity index (χ3v) is 5.31. The van der Waals surface area contributed by atoms with Crippen molar-refractivity contribution in [2.45, 2.75) is 63.2 Å². The zero-order chi connectivity index (χ0) is 16.5. The molecule has 0 aromatic heterocycles. The van der Waals surface area contributed by atoms with Crippen LogP contribution in [0, 0.1) is 23.2 Å². The van der Waals surface area contributed by atoms with Crippen molar-refractivity contribution in [3.05, 3.63) is 29.8 Å². The summed E-state index contributed by atoms with van der Waals surface area (Å²) in [6, 6.07) is 9.16. The fourth-order valence-electron chi connectivity index (χ4n) is 3.11. The molecule has 1 aromatic carbocycles. The second-order valence-electron chi connectivity index (χ2n) is 6.34. The van der Waals surface area contributed by atoms with Crippen LogP contribution in [0.4, 0.5) is 0 Å². The molecular formula is C19H25NO2S. The first-order chi connectivity index (χ1) is 11.2. The Balaban J connectivity index is 1.69. The second kappa shape index (κ2) is 9.62. The highest BCUT2D eigenvalue weighted by molar-refractivity contribution is 7.95. The average molecular weight is 331 g/mol. The highest BCUT2D eigenvalue weighted by Gasteiger charge is 2.27. The molecule has 0 saturated heterocycles. The first-order valence-corrected chi connectivity index (χ1v) is 9.35. The predicted octanol–water partition coefficient (Wildman–Crippen LogP) is 5.50. The number of hydrogen-bond donors (Lipinski definition) is 0. The topological polar surface area (TPSA) is 50.1 Å². The number of nitriles is 1. The number of carbonyl (C=O) groups excluding carboxylic acids is 1. The van der Waals surface area contributed by atoms with Crippen molar-refractivity contribution in [1.29, 1.82) is 5.26 Å². The molecule has 3 nitrogen and oxygen atoms in total. The van der Waals surface area contributed by atoms with Gasteiger partial charge < -0.3 is 4.18 Å². The van der Waals surface area contributed by atoms with Gasteiger partial charge in [0.05, 0.1) is 29.6 Å². The minimum Gasteiger partial charge on any atom is -0.386 e. The molecule has 23 heavy (non-hydrogen) atoms. The maximum Gasteiger partial charge on any atom is 0.321 e. The van der Waals surface area contributed by atoms with E-state index in [2.05, 4.69) is 13.0 Å². The molecule has 0 N–H and O–H groups in total. The van der Waals surface area contributed by atoms with E-state index in [4.69, 9.17) is 9.44 Å². The molecule has 0 bridgehead atoms. The van der Waals surface area contributed by atoms with E-state index in [0.717, 1.165) is 48.5 Å². The van der Waals surface area contributed by atoms with Crippen LogP contribution in [0.5, 0.6) is 0 Å². The molecular weight excluding hydrogens is 306 g/mol. The van der Waals surface area contributed by atoms with E-state index in [-0.39, 0.29) is 11.9 Å². The van der Waals surface area contributed by atoms with Crippen LogP contribution in [0.15, 0.2) is 29.2 Å². The van der Waals surface area contributed by atoms with Gasteiger partial charge in [0.1, 0.15) is 0 Å². The molecule has 0 atom stereocenters. The monoisotopic (exact) mass is 331 g/mol. The van der Waals surface area contributed by atoms with Gasteiger partial charge in [-0.05, 0) is 55.9 Å². The maximum absolute atomic E-state index is 12.2. The Morgan fingerprint density at radius 2 is 1.91 bits per heavy atom. The normalized spacial score (nSPS) is 20.7. The zero-order valence-electron chi connectivity index (χ0n) is 13.8. The summed E-state index contributed by atoms with van der Waals surface area (Å²) in [4.78, 5) is 13.0. The lowest BCUT2D eigenvalue weighted by Gasteiger charge is -2.26. The number of nitrogens with zero attached hydrogens (tertiary/aromatic N) is 1. The van der Waals surface area contributed by atoms with Crippen molar-refractivity contribution in [1.82, 2.24) is 0 Å². The predicted molar refractivity (Wildman–Crippen MR) is 92.7 cm³/mol. The van der Waals surface area contributed by atoms with Crippen molar-refractivity contribution >= 4 is 18.0 Å². The number of unbranched alkanes of at least 4 members (excludes halogenated alkanes) is 2. The van der Waals surface area contributed by atoms with Crippen LogP contribution in [-0.4, -0.2) is 5.97 Å². The molecule has 0 spiro atoms. The van der Waals surface area contributed by atoms with Gasteiger partial charge in [-0.15, -0.1) is 0 Å². The van der Waals surface area contributed by atoms with E-state index in [1.807, 2.05) is 0 Å². The molecule has 1 aliphatic carbocycles. The fraction of sp³-hybridized carbons (Fsp3) is 0.579. The number of carbonyl (C=O) groups is 1. The summed E-state index contributed by atoms with van der Waals surface area (Å²) in [5.41, 5.74) is 0.613. The quantitative estimate of drug-likeness (QED) is 0.489. The highest BCUT2D eigenvalue weighted by Crippen LogP contribution is 2.34. The van der Waals surface area contributed by atoms with E-state index < -0.39 is 0 Å². The number of rotatable bonds is 7. The average Bonchev–Trinajstić information content (AvgIpc) is 2.61. The third-order valence-electron chi connectivity index (χ3n) is 4.60. The number of benzene rings is 1. The van der Waals surface area contributed by atoms with Crippen LogP contribution in [0.2, 0.25) is 0 Å². The van der Waals surface area contributed by atoms with Gasteiger partial charge in [0, 0.05) is 4.90 Å². The van der Waals surface area contributed by atoms with Crippen LogP contribution in [0.3, 0.4) is 0 Å². The molecule has 1 aromatic rings. The van der Waals surface area contributed by atoms with Crippen molar-refractivity contribution in [3.8, 4) is 6.07 Å². The van der Waals surface area contributed by atoms with Crippen molar-refractivity contribution in [3.63, 3.8) is 0 Å². The lowest BCUT2D eigenvalue weighted by molar-refractivity contribution is -0.138. The Hall–Kier alpha value is -1.47. The summed E-state index contributed by atoms with van der Waals surface area (Å²) in [7, 11) is 0. The van der Waals surface area contributed by atoms with Gasteiger partial charge in [-0.1, -0.05) is 32.6 Å². The molecule has 4 heteroatoms. The van der Waals surface area contributed by atoms with E-state index in [1.165, 1.54) is 25.7 Å². The Morgan fingerprint density at radius 1 is 1.22 bits per heavy atom. The first kappa shape index (κ1) is 17.9.